The van der Waals surface area contributed by atoms with Gasteiger partial charge in [0.25, 0.3) is 0 Å². The molecule has 1 aromatic heterocycles. The van der Waals surface area contributed by atoms with Crippen LogP contribution >= 0.6 is 11.3 Å². The number of ether oxygens (including phenoxy) is 1. The molecule has 0 aliphatic carbocycles. The first-order chi connectivity index (χ1) is 8.81. The summed E-state index contributed by atoms with van der Waals surface area (Å²) < 4.78 is 9.54. The molecule has 4 heteroatoms. The summed E-state index contributed by atoms with van der Waals surface area (Å²) in [5.41, 5.74) is 1.99. The minimum absolute atomic E-state index is 0.514. The SMILES string of the molecule is CO/C([O-])=C\[O+]=Cc1ccccc1-c1cccs1. The van der Waals surface area contributed by atoms with Gasteiger partial charge in [-0.1, -0.05) is 24.3 Å². The summed E-state index contributed by atoms with van der Waals surface area (Å²) in [6.45, 7) is 0. The minimum atomic E-state index is -0.514. The van der Waals surface area contributed by atoms with Crippen molar-refractivity contribution >= 4 is 17.6 Å². The quantitative estimate of drug-likeness (QED) is 0.482. The van der Waals surface area contributed by atoms with Crippen LogP contribution in [-0.2, 0) is 4.74 Å². The van der Waals surface area contributed by atoms with Crippen LogP contribution < -0.4 is 5.11 Å². The number of benzene rings is 1. The van der Waals surface area contributed by atoms with E-state index in [0.29, 0.717) is 0 Å². The molecule has 0 bridgehead atoms. The van der Waals surface area contributed by atoms with Crippen LogP contribution in [0.5, 0.6) is 0 Å². The Bertz CT molecular complexity index is 556. The maximum Gasteiger partial charge on any atom is 0.339 e. The molecule has 0 saturated heterocycles. The van der Waals surface area contributed by atoms with Crippen LogP contribution in [0, 0.1) is 0 Å². The van der Waals surface area contributed by atoms with E-state index < -0.39 is 5.95 Å². The van der Waals surface area contributed by atoms with Crippen molar-refractivity contribution in [3.63, 3.8) is 0 Å². The topological polar surface area (TPSA) is 43.6 Å². The van der Waals surface area contributed by atoms with Crippen LogP contribution in [0.3, 0.4) is 0 Å². The zero-order chi connectivity index (χ0) is 12.8. The maximum absolute atomic E-state index is 10.9. The average Bonchev–Trinajstić information content (AvgIpc) is 2.93. The Hall–Kier alpha value is -2.07. The summed E-state index contributed by atoms with van der Waals surface area (Å²) in [6.07, 6.45) is 2.57. The normalized spacial score (nSPS) is 11.9. The molecule has 92 valence electrons. The summed E-state index contributed by atoms with van der Waals surface area (Å²) in [5.74, 6) is -0.514. The van der Waals surface area contributed by atoms with Gasteiger partial charge in [0.1, 0.15) is 0 Å². The molecule has 0 saturated carbocycles. The van der Waals surface area contributed by atoms with Crippen molar-refractivity contribution in [2.75, 3.05) is 7.11 Å². The van der Waals surface area contributed by atoms with Crippen LogP contribution in [-0.4, -0.2) is 13.4 Å². The highest BCUT2D eigenvalue weighted by atomic mass is 32.1. The van der Waals surface area contributed by atoms with Gasteiger partial charge in [-0.15, -0.1) is 11.3 Å². The van der Waals surface area contributed by atoms with Crippen molar-refractivity contribution in [2.45, 2.75) is 0 Å². The highest BCUT2D eigenvalue weighted by Crippen LogP contribution is 2.26. The average molecular weight is 260 g/mol. The van der Waals surface area contributed by atoms with Crippen molar-refractivity contribution in [2.24, 2.45) is 0 Å². The second-order valence-corrected chi connectivity index (χ2v) is 4.41. The Morgan fingerprint density at radius 2 is 2.11 bits per heavy atom. The second kappa shape index (κ2) is 6.02. The van der Waals surface area contributed by atoms with E-state index in [1.807, 2.05) is 41.8 Å². The first-order valence-electron chi connectivity index (χ1n) is 5.34. The number of thiophene rings is 1. The third-order valence-electron chi connectivity index (χ3n) is 2.31. The Labute approximate surface area is 109 Å². The third-order valence-corrected chi connectivity index (χ3v) is 3.21. The zero-order valence-corrected chi connectivity index (χ0v) is 10.6. The van der Waals surface area contributed by atoms with Gasteiger partial charge in [-0.25, -0.2) is 4.42 Å². The molecule has 0 N–H and O–H groups in total. The number of rotatable bonds is 4. The number of aldehydes is 1. The van der Waals surface area contributed by atoms with E-state index in [1.54, 1.807) is 11.3 Å². The first kappa shape index (κ1) is 12.4. The van der Waals surface area contributed by atoms with Crippen molar-refractivity contribution in [3.8, 4) is 10.4 Å². The molecule has 1 aromatic carbocycles. The first-order valence-corrected chi connectivity index (χ1v) is 6.22. The maximum atomic E-state index is 10.9. The fraction of sp³-hybridized carbons (Fsp3) is 0.0714. The van der Waals surface area contributed by atoms with Crippen molar-refractivity contribution in [3.05, 3.63) is 59.5 Å². The predicted molar refractivity (Wildman–Crippen MR) is 70.2 cm³/mol. The van der Waals surface area contributed by atoms with Crippen LogP contribution in [0.1, 0.15) is 9.99 Å². The molecular formula is C14H12O3S. The van der Waals surface area contributed by atoms with Crippen LogP contribution in [0.15, 0.2) is 54.0 Å². The summed E-state index contributed by atoms with van der Waals surface area (Å²) in [5, 5.41) is 12.9. The lowest BCUT2D eigenvalue weighted by Crippen LogP contribution is -2.04. The van der Waals surface area contributed by atoms with Gasteiger partial charge in [-0.3, -0.25) is 0 Å². The van der Waals surface area contributed by atoms with E-state index >= 15 is 0 Å². The molecule has 0 aliphatic heterocycles. The summed E-state index contributed by atoms with van der Waals surface area (Å²) in [7, 11) is 1.31. The second-order valence-electron chi connectivity index (χ2n) is 3.46. The molecule has 0 unspecified atom stereocenters. The van der Waals surface area contributed by atoms with Crippen molar-refractivity contribution in [1.29, 1.82) is 0 Å². The predicted octanol–water partition coefficient (Wildman–Crippen LogP) is 2.57. The summed E-state index contributed by atoms with van der Waals surface area (Å²) in [6, 6.07) is 11.9. The smallest absolute Gasteiger partial charge is 0.339 e. The van der Waals surface area contributed by atoms with Gasteiger partial charge in [-0.05, 0) is 24.6 Å². The van der Waals surface area contributed by atoms with Gasteiger partial charge >= 0.3 is 12.5 Å². The van der Waals surface area contributed by atoms with E-state index in [9.17, 15) is 5.11 Å². The third kappa shape index (κ3) is 2.99. The lowest BCUT2D eigenvalue weighted by molar-refractivity contribution is -0.367. The Kier molecular flexibility index (Phi) is 4.15. The molecule has 0 amide bonds. The van der Waals surface area contributed by atoms with Crippen LogP contribution in [0.4, 0.5) is 0 Å². The Morgan fingerprint density at radius 1 is 1.28 bits per heavy atom. The molecule has 0 fully saturated rings. The zero-order valence-electron chi connectivity index (χ0n) is 9.83. The number of hydrogen-bond acceptors (Lipinski definition) is 3. The lowest BCUT2D eigenvalue weighted by atomic mass is 10.1. The minimum Gasteiger partial charge on any atom is -0.611 e. The van der Waals surface area contributed by atoms with E-state index in [-0.39, 0.29) is 0 Å². The molecule has 0 radical (unpaired) electrons. The van der Waals surface area contributed by atoms with E-state index in [0.717, 1.165) is 22.3 Å². The highest BCUT2D eigenvalue weighted by molar-refractivity contribution is 7.13. The molecule has 3 nitrogen and oxygen atoms in total. The van der Waals surface area contributed by atoms with E-state index in [4.69, 9.17) is 4.42 Å². The Balaban J connectivity index is 2.29. The van der Waals surface area contributed by atoms with Gasteiger partial charge in [0.2, 0.25) is 0 Å². The summed E-state index contributed by atoms with van der Waals surface area (Å²) >= 11 is 1.66. The van der Waals surface area contributed by atoms with Gasteiger partial charge in [0.05, 0.1) is 5.56 Å². The van der Waals surface area contributed by atoms with Gasteiger partial charge in [0, 0.05) is 10.4 Å². The number of carbonyl (C=O) groups excluding carboxylic acids is 1. The van der Waals surface area contributed by atoms with Gasteiger partial charge < -0.3 is 9.84 Å². The van der Waals surface area contributed by atoms with Gasteiger partial charge in [-0.2, -0.15) is 0 Å². The lowest BCUT2D eigenvalue weighted by Gasteiger charge is -2.00. The summed E-state index contributed by atoms with van der Waals surface area (Å²) in [4.78, 5) is 1.16. The van der Waals surface area contributed by atoms with Gasteiger partial charge in [0.15, 0.2) is 5.95 Å². The molecule has 2 aromatic rings. The van der Waals surface area contributed by atoms with Crippen LogP contribution in [0.2, 0.25) is 0 Å². The largest absolute Gasteiger partial charge is 0.611 e. The molecule has 0 spiro atoms. The van der Waals surface area contributed by atoms with Crippen molar-refractivity contribution in [1.82, 2.24) is 0 Å². The molecule has 0 atom stereocenters. The molecular weight excluding hydrogens is 248 g/mol. The van der Waals surface area contributed by atoms with E-state index in [1.165, 1.54) is 13.4 Å². The van der Waals surface area contributed by atoms with E-state index in [2.05, 4.69) is 4.74 Å². The molecule has 1 heterocycles. The molecule has 2 rings (SSSR count). The monoisotopic (exact) mass is 260 g/mol. The Morgan fingerprint density at radius 3 is 2.83 bits per heavy atom. The standard InChI is InChI=1S/C14H12O3S/c1-16-14(15)10-17-9-11-5-2-3-6-12(11)13-7-4-8-18-13/h2-10H,1H3/b14-10-. The fourth-order valence-electron chi connectivity index (χ4n) is 1.47. The van der Waals surface area contributed by atoms with Crippen LogP contribution in [0.25, 0.3) is 10.4 Å². The van der Waals surface area contributed by atoms with Crippen molar-refractivity contribution < 1.29 is 14.3 Å². The number of methoxy groups -OCH3 is 1. The highest BCUT2D eigenvalue weighted by Gasteiger charge is 2.06. The molecule has 18 heavy (non-hydrogen) atoms. The fourth-order valence-corrected chi connectivity index (χ4v) is 2.24. The molecule has 0 aliphatic rings. The number of hydrogen-bond donors (Lipinski definition) is 0.